The number of ether oxygens (including phenoxy) is 1. The summed E-state index contributed by atoms with van der Waals surface area (Å²) < 4.78 is 6.61. The first-order valence-electron chi connectivity index (χ1n) is 9.73. The molecule has 0 aliphatic carbocycles. The zero-order valence-corrected chi connectivity index (χ0v) is 19.0. The topological polar surface area (TPSA) is 58.6 Å². The van der Waals surface area contributed by atoms with E-state index >= 15 is 0 Å². The molecule has 1 N–H and O–H groups in total. The maximum absolute atomic E-state index is 13.1. The van der Waals surface area contributed by atoms with E-state index in [9.17, 15) is 9.59 Å². The highest BCUT2D eigenvalue weighted by Crippen LogP contribution is 2.18. The van der Waals surface area contributed by atoms with Crippen LogP contribution in [-0.4, -0.2) is 34.9 Å². The first kappa shape index (κ1) is 22.9. The molecular weight excluding hydrogens is 432 g/mol. The third-order valence-electron chi connectivity index (χ3n) is 4.26. The van der Waals surface area contributed by atoms with Gasteiger partial charge >= 0.3 is 0 Å². The Labute approximate surface area is 181 Å². The van der Waals surface area contributed by atoms with Crippen LogP contribution in [0.2, 0.25) is 0 Å². The molecule has 0 aromatic heterocycles. The lowest BCUT2D eigenvalue weighted by atomic mass is 10.1. The molecule has 0 saturated carbocycles. The molecule has 0 aliphatic rings. The minimum absolute atomic E-state index is 0.131. The van der Waals surface area contributed by atoms with Crippen LogP contribution in [0.15, 0.2) is 59.1 Å². The summed E-state index contributed by atoms with van der Waals surface area (Å²) in [6, 6.07) is 16.4. The second-order valence-corrected chi connectivity index (χ2v) is 8.83. The number of hydrogen-bond donors (Lipinski definition) is 1. The van der Waals surface area contributed by atoms with Gasteiger partial charge < -0.3 is 15.0 Å². The molecule has 0 unspecified atom stereocenters. The number of carbonyl (C=O) groups excluding carboxylic acids is 2. The Morgan fingerprint density at radius 1 is 1.07 bits per heavy atom. The van der Waals surface area contributed by atoms with Crippen LogP contribution in [0, 0.1) is 0 Å². The van der Waals surface area contributed by atoms with Gasteiger partial charge in [0.1, 0.15) is 11.8 Å². The standard InChI is InChI=1S/C23H29BrN2O3/c1-5-20(22(28)25-23(2,3)4)26(15-17-9-7-6-8-10-17)21(27)16-29-19-13-11-18(24)12-14-19/h6-14,20H,5,15-16H2,1-4H3,(H,25,28)/t20-/m0/s1. The number of amides is 2. The molecule has 0 spiro atoms. The molecule has 29 heavy (non-hydrogen) atoms. The number of nitrogens with one attached hydrogen (secondary N) is 1. The van der Waals surface area contributed by atoms with Gasteiger partial charge in [-0.3, -0.25) is 9.59 Å². The summed E-state index contributed by atoms with van der Waals surface area (Å²) in [6.07, 6.45) is 0.513. The molecule has 0 heterocycles. The zero-order chi connectivity index (χ0) is 21.4. The van der Waals surface area contributed by atoms with E-state index in [0.717, 1.165) is 10.0 Å². The Hall–Kier alpha value is -2.34. The fraction of sp³-hybridized carbons (Fsp3) is 0.391. The van der Waals surface area contributed by atoms with Crippen LogP contribution in [0.5, 0.6) is 5.75 Å². The highest BCUT2D eigenvalue weighted by atomic mass is 79.9. The third-order valence-corrected chi connectivity index (χ3v) is 4.78. The minimum Gasteiger partial charge on any atom is -0.484 e. The predicted molar refractivity (Wildman–Crippen MR) is 119 cm³/mol. The molecule has 0 radical (unpaired) electrons. The predicted octanol–water partition coefficient (Wildman–Crippen LogP) is 4.55. The van der Waals surface area contributed by atoms with Crippen molar-refractivity contribution in [2.45, 2.75) is 52.2 Å². The highest BCUT2D eigenvalue weighted by molar-refractivity contribution is 9.10. The van der Waals surface area contributed by atoms with Crippen molar-refractivity contribution >= 4 is 27.7 Å². The molecule has 0 bridgehead atoms. The molecule has 0 fully saturated rings. The fourth-order valence-corrected chi connectivity index (χ4v) is 3.18. The zero-order valence-electron chi connectivity index (χ0n) is 17.4. The highest BCUT2D eigenvalue weighted by Gasteiger charge is 2.30. The summed E-state index contributed by atoms with van der Waals surface area (Å²) in [5.41, 5.74) is 0.589. The fourth-order valence-electron chi connectivity index (χ4n) is 2.91. The van der Waals surface area contributed by atoms with Gasteiger partial charge in [-0.2, -0.15) is 0 Å². The van der Waals surface area contributed by atoms with E-state index in [4.69, 9.17) is 4.74 Å². The lowest BCUT2D eigenvalue weighted by Gasteiger charge is -2.33. The molecule has 5 nitrogen and oxygen atoms in total. The maximum atomic E-state index is 13.1. The summed E-state index contributed by atoms with van der Waals surface area (Å²) in [7, 11) is 0. The average Bonchev–Trinajstić information content (AvgIpc) is 2.66. The van der Waals surface area contributed by atoms with Crippen molar-refractivity contribution in [1.29, 1.82) is 0 Å². The Kier molecular flexibility index (Phi) is 8.26. The van der Waals surface area contributed by atoms with Gasteiger partial charge in [0.15, 0.2) is 6.61 Å². The van der Waals surface area contributed by atoms with E-state index in [1.165, 1.54) is 0 Å². The lowest BCUT2D eigenvalue weighted by Crippen LogP contribution is -2.54. The Balaban J connectivity index is 2.19. The second kappa shape index (κ2) is 10.4. The molecule has 2 rings (SSSR count). The van der Waals surface area contributed by atoms with Gasteiger partial charge in [0, 0.05) is 16.6 Å². The second-order valence-electron chi connectivity index (χ2n) is 7.91. The van der Waals surface area contributed by atoms with Gasteiger partial charge in [-0.05, 0) is 57.0 Å². The average molecular weight is 461 g/mol. The summed E-state index contributed by atoms with van der Waals surface area (Å²) in [5.74, 6) is 0.217. The number of carbonyl (C=O) groups is 2. The summed E-state index contributed by atoms with van der Waals surface area (Å²) in [4.78, 5) is 27.6. The summed E-state index contributed by atoms with van der Waals surface area (Å²) in [5, 5.41) is 2.99. The molecule has 2 aromatic carbocycles. The minimum atomic E-state index is -0.574. The Bertz CT molecular complexity index is 801. The molecular formula is C23H29BrN2O3. The van der Waals surface area contributed by atoms with E-state index in [1.54, 1.807) is 17.0 Å². The third kappa shape index (κ3) is 7.54. The van der Waals surface area contributed by atoms with Gasteiger partial charge in [-0.25, -0.2) is 0 Å². The largest absolute Gasteiger partial charge is 0.484 e. The summed E-state index contributed by atoms with van der Waals surface area (Å²) in [6.45, 7) is 7.91. The van der Waals surface area contributed by atoms with Crippen molar-refractivity contribution in [2.24, 2.45) is 0 Å². The van der Waals surface area contributed by atoms with Crippen molar-refractivity contribution in [3.63, 3.8) is 0 Å². The molecule has 0 aliphatic heterocycles. The Morgan fingerprint density at radius 3 is 2.24 bits per heavy atom. The first-order valence-corrected chi connectivity index (χ1v) is 10.5. The SMILES string of the molecule is CC[C@@H](C(=O)NC(C)(C)C)N(Cc1ccccc1)C(=O)COc1ccc(Br)cc1. The molecule has 6 heteroatoms. The van der Waals surface area contributed by atoms with Crippen LogP contribution in [0.1, 0.15) is 39.7 Å². The quantitative estimate of drug-likeness (QED) is 0.628. The molecule has 1 atom stereocenters. The van der Waals surface area contributed by atoms with Gasteiger partial charge in [-0.15, -0.1) is 0 Å². The van der Waals surface area contributed by atoms with Crippen molar-refractivity contribution in [3.8, 4) is 5.75 Å². The van der Waals surface area contributed by atoms with E-state index in [-0.39, 0.29) is 24.0 Å². The summed E-state index contributed by atoms with van der Waals surface area (Å²) >= 11 is 3.38. The smallest absolute Gasteiger partial charge is 0.261 e. The van der Waals surface area contributed by atoms with Crippen LogP contribution >= 0.6 is 15.9 Å². The van der Waals surface area contributed by atoms with Crippen LogP contribution in [0.4, 0.5) is 0 Å². The van der Waals surface area contributed by atoms with Gasteiger partial charge in [0.05, 0.1) is 0 Å². The number of rotatable bonds is 8. The van der Waals surface area contributed by atoms with Crippen molar-refractivity contribution < 1.29 is 14.3 Å². The first-order chi connectivity index (χ1) is 13.7. The molecule has 2 amide bonds. The van der Waals surface area contributed by atoms with Crippen LogP contribution in [0.25, 0.3) is 0 Å². The normalized spacial score (nSPS) is 12.2. The van der Waals surface area contributed by atoms with E-state index in [0.29, 0.717) is 18.7 Å². The van der Waals surface area contributed by atoms with Crippen molar-refractivity contribution in [2.75, 3.05) is 6.61 Å². The van der Waals surface area contributed by atoms with E-state index in [2.05, 4.69) is 21.2 Å². The monoisotopic (exact) mass is 460 g/mol. The van der Waals surface area contributed by atoms with Crippen LogP contribution in [0.3, 0.4) is 0 Å². The number of halogens is 1. The van der Waals surface area contributed by atoms with Crippen LogP contribution in [-0.2, 0) is 16.1 Å². The van der Waals surface area contributed by atoms with E-state index < -0.39 is 6.04 Å². The van der Waals surface area contributed by atoms with Gasteiger partial charge in [0.2, 0.25) is 5.91 Å². The number of nitrogens with zero attached hydrogens (tertiary/aromatic N) is 1. The lowest BCUT2D eigenvalue weighted by molar-refractivity contribution is -0.143. The van der Waals surface area contributed by atoms with Crippen LogP contribution < -0.4 is 10.1 Å². The van der Waals surface area contributed by atoms with Gasteiger partial charge in [-0.1, -0.05) is 53.2 Å². The van der Waals surface area contributed by atoms with E-state index in [1.807, 2.05) is 70.2 Å². The molecule has 2 aromatic rings. The van der Waals surface area contributed by atoms with Gasteiger partial charge in [0.25, 0.3) is 5.91 Å². The Morgan fingerprint density at radius 2 is 1.69 bits per heavy atom. The van der Waals surface area contributed by atoms with Crippen molar-refractivity contribution in [3.05, 3.63) is 64.6 Å². The molecule has 0 saturated heterocycles. The number of hydrogen-bond acceptors (Lipinski definition) is 3. The maximum Gasteiger partial charge on any atom is 0.261 e. The molecule has 156 valence electrons. The van der Waals surface area contributed by atoms with Crippen molar-refractivity contribution in [1.82, 2.24) is 10.2 Å². The number of benzene rings is 2.